The molecule has 0 spiro atoms. The Hall–Kier alpha value is -2.92. The molecule has 2 N–H and O–H groups in total. The summed E-state index contributed by atoms with van der Waals surface area (Å²) in [6, 6.07) is 12.3. The number of benzene rings is 1. The third-order valence-electron chi connectivity index (χ3n) is 5.39. The van der Waals surface area contributed by atoms with Crippen LogP contribution in [0.15, 0.2) is 36.4 Å². The van der Waals surface area contributed by atoms with Crippen molar-refractivity contribution >= 4 is 29.2 Å². The largest absolute Gasteiger partial charge is 0.542 e. The van der Waals surface area contributed by atoms with E-state index in [1.54, 1.807) is 0 Å². The van der Waals surface area contributed by atoms with E-state index in [-0.39, 0.29) is 12.3 Å². The number of quaternary nitrogens is 1. The number of likely N-dealkylation sites (N-methyl/N-ethyl adjacent to an activating group) is 1. The summed E-state index contributed by atoms with van der Waals surface area (Å²) in [5.74, 6) is -4.10. The molecule has 0 saturated carbocycles. The summed E-state index contributed by atoms with van der Waals surface area (Å²) >= 11 is 1.49. The van der Waals surface area contributed by atoms with Crippen molar-refractivity contribution in [3.63, 3.8) is 0 Å². The van der Waals surface area contributed by atoms with Gasteiger partial charge in [0.15, 0.2) is 0 Å². The van der Waals surface area contributed by atoms with Gasteiger partial charge in [0.1, 0.15) is 5.97 Å². The molecule has 1 aromatic heterocycles. The Morgan fingerprint density at radius 1 is 0.974 bits per heavy atom. The Kier molecular flexibility index (Phi) is 13.5. The lowest BCUT2D eigenvalue weighted by Crippen LogP contribution is -2.49. The highest BCUT2D eigenvalue weighted by molar-refractivity contribution is 7.14. The molecule has 0 saturated heterocycles. The van der Waals surface area contributed by atoms with Crippen LogP contribution in [0.1, 0.15) is 58.3 Å². The molecule has 0 radical (unpaired) electrons. The zero-order valence-corrected chi connectivity index (χ0v) is 23.1. The number of hydrogen-bond acceptors (Lipinski definition) is 5. The van der Waals surface area contributed by atoms with Gasteiger partial charge in [0.2, 0.25) is 0 Å². The van der Waals surface area contributed by atoms with E-state index in [0.717, 1.165) is 19.3 Å². The number of thiophene rings is 1. The number of rotatable bonds is 13. The Balaban J connectivity index is 0.000000905. The smallest absolute Gasteiger partial charge is 0.430 e. The summed E-state index contributed by atoms with van der Waals surface area (Å²) in [7, 11) is 5.96. The molecule has 11 heteroatoms. The minimum atomic E-state index is -5.19. The molecule has 38 heavy (non-hydrogen) atoms. The van der Waals surface area contributed by atoms with Gasteiger partial charge < -0.3 is 24.8 Å². The second-order valence-corrected chi connectivity index (χ2v) is 11.2. The molecular weight excluding hydrogens is 521 g/mol. The predicted octanol–water partition coefficient (Wildman–Crippen LogP) is 3.84. The second kappa shape index (κ2) is 15.5. The van der Waals surface area contributed by atoms with Crippen LogP contribution >= 0.6 is 11.3 Å². The number of aryl methyl sites for hydroxylation is 3. The number of carbonyl (C=O) groups excluding carboxylic acids is 2. The Bertz CT molecular complexity index is 1030. The lowest BCUT2D eigenvalue weighted by Gasteiger charge is -2.29. The number of hydrogen-bond donors (Lipinski definition) is 2. The SMILES string of the molecule is CCCCCc1ccc(CCc2ccc(C(=O)NC(CC(=O)O)C[N+](C)(C)C)s2)cc1.O=C([O-])C(F)(F)F. The molecule has 2 rings (SSSR count). The Labute approximate surface area is 225 Å². The van der Waals surface area contributed by atoms with Crippen molar-refractivity contribution in [2.45, 2.75) is 64.1 Å². The number of unbranched alkanes of at least 4 members (excludes halogenated alkanes) is 2. The van der Waals surface area contributed by atoms with Crippen LogP contribution in [-0.4, -0.2) is 67.3 Å². The van der Waals surface area contributed by atoms with Gasteiger partial charge in [-0.15, -0.1) is 11.3 Å². The van der Waals surface area contributed by atoms with Crippen molar-refractivity contribution in [3.05, 3.63) is 57.3 Å². The minimum absolute atomic E-state index is 0.0755. The molecule has 0 fully saturated rings. The Morgan fingerprint density at radius 3 is 2.00 bits per heavy atom. The standard InChI is InChI=1S/C25H36N2O3S.C2HF3O2/c1-5-6-7-8-19-9-11-20(12-10-19)13-14-22-15-16-23(31-22)25(30)26-21(17-24(28)29)18-27(2,3)4;3-2(4,5)1(6)7/h9-12,15-16,21H,5-8,13-14,17-18H2,1-4H3,(H-,26,28,29,30);(H,6,7). The van der Waals surface area contributed by atoms with Crippen LogP contribution < -0.4 is 10.4 Å². The van der Waals surface area contributed by atoms with Gasteiger partial charge in [0, 0.05) is 4.88 Å². The van der Waals surface area contributed by atoms with Crippen LogP contribution in [0.25, 0.3) is 0 Å². The molecule has 1 amide bonds. The van der Waals surface area contributed by atoms with Crippen molar-refractivity contribution in [2.75, 3.05) is 27.7 Å². The molecule has 212 valence electrons. The zero-order valence-electron chi connectivity index (χ0n) is 22.3. The van der Waals surface area contributed by atoms with Crippen molar-refractivity contribution < 1.29 is 42.3 Å². The van der Waals surface area contributed by atoms with Gasteiger partial charge in [0.25, 0.3) is 5.91 Å². The first kappa shape index (κ1) is 33.1. The van der Waals surface area contributed by atoms with Crippen molar-refractivity contribution in [3.8, 4) is 0 Å². The predicted molar refractivity (Wildman–Crippen MR) is 139 cm³/mol. The third kappa shape index (κ3) is 14.1. The lowest BCUT2D eigenvalue weighted by molar-refractivity contribution is -0.871. The van der Waals surface area contributed by atoms with E-state index in [1.807, 2.05) is 33.3 Å². The fourth-order valence-electron chi connectivity index (χ4n) is 3.64. The molecule has 0 aliphatic rings. The first-order valence-electron chi connectivity index (χ1n) is 12.4. The highest BCUT2D eigenvalue weighted by Gasteiger charge is 2.29. The van der Waals surface area contributed by atoms with Gasteiger partial charge in [-0.2, -0.15) is 13.2 Å². The van der Waals surface area contributed by atoms with Crippen LogP contribution in [0.3, 0.4) is 0 Å². The molecular formula is C27H37F3N2O5S. The number of nitrogens with one attached hydrogen (secondary N) is 1. The zero-order chi connectivity index (χ0) is 28.9. The molecule has 0 aliphatic heterocycles. The first-order valence-corrected chi connectivity index (χ1v) is 13.2. The van der Waals surface area contributed by atoms with E-state index in [9.17, 15) is 22.8 Å². The van der Waals surface area contributed by atoms with Crippen molar-refractivity contribution in [1.82, 2.24) is 5.32 Å². The summed E-state index contributed by atoms with van der Waals surface area (Å²) < 4.78 is 32.1. The molecule has 1 aromatic carbocycles. The molecule has 7 nitrogen and oxygen atoms in total. The topological polar surface area (TPSA) is 107 Å². The van der Waals surface area contributed by atoms with Crippen LogP contribution in [0.5, 0.6) is 0 Å². The number of alkyl halides is 3. The molecule has 2 aromatic rings. The highest BCUT2D eigenvalue weighted by atomic mass is 32.1. The molecule has 0 bridgehead atoms. The van der Waals surface area contributed by atoms with Gasteiger partial charge in [-0.3, -0.25) is 9.59 Å². The van der Waals surface area contributed by atoms with E-state index < -0.39 is 24.2 Å². The van der Waals surface area contributed by atoms with E-state index in [1.165, 1.54) is 46.6 Å². The molecule has 1 atom stereocenters. The maximum absolute atomic E-state index is 12.7. The average molecular weight is 559 g/mol. The molecule has 1 unspecified atom stereocenters. The maximum atomic E-state index is 12.7. The average Bonchev–Trinajstić information content (AvgIpc) is 3.26. The van der Waals surface area contributed by atoms with Crippen LogP contribution in [0, 0.1) is 0 Å². The maximum Gasteiger partial charge on any atom is 0.430 e. The van der Waals surface area contributed by atoms with Gasteiger partial charge in [-0.25, -0.2) is 0 Å². The lowest BCUT2D eigenvalue weighted by atomic mass is 10.0. The number of carboxylic acids is 2. The van der Waals surface area contributed by atoms with E-state index in [2.05, 4.69) is 36.5 Å². The summed E-state index contributed by atoms with van der Waals surface area (Å²) in [6.45, 7) is 2.78. The van der Waals surface area contributed by atoms with Crippen LogP contribution in [0.2, 0.25) is 0 Å². The summed E-state index contributed by atoms with van der Waals surface area (Å²) in [6.07, 6.45) is 1.49. The monoisotopic (exact) mass is 558 g/mol. The third-order valence-corrected chi connectivity index (χ3v) is 6.54. The highest BCUT2D eigenvalue weighted by Crippen LogP contribution is 2.20. The van der Waals surface area contributed by atoms with Gasteiger partial charge in [0.05, 0.1) is 45.0 Å². The minimum Gasteiger partial charge on any atom is -0.542 e. The van der Waals surface area contributed by atoms with Crippen molar-refractivity contribution in [1.29, 1.82) is 0 Å². The van der Waals surface area contributed by atoms with E-state index >= 15 is 0 Å². The number of halogens is 3. The fourth-order valence-corrected chi connectivity index (χ4v) is 4.55. The molecule has 1 heterocycles. The number of amides is 1. The Morgan fingerprint density at radius 2 is 1.53 bits per heavy atom. The van der Waals surface area contributed by atoms with Crippen molar-refractivity contribution in [2.24, 2.45) is 0 Å². The number of aliphatic carboxylic acids is 2. The van der Waals surface area contributed by atoms with E-state index in [0.29, 0.717) is 15.9 Å². The quantitative estimate of drug-likeness (QED) is 0.287. The van der Waals surface area contributed by atoms with E-state index in [4.69, 9.17) is 15.0 Å². The summed E-state index contributed by atoms with van der Waals surface area (Å²) in [5.41, 5.74) is 2.71. The van der Waals surface area contributed by atoms with Crippen LogP contribution in [-0.2, 0) is 28.9 Å². The van der Waals surface area contributed by atoms with Gasteiger partial charge >= 0.3 is 12.1 Å². The number of carbonyl (C=O) groups is 3. The van der Waals surface area contributed by atoms with Gasteiger partial charge in [-0.1, -0.05) is 44.0 Å². The summed E-state index contributed by atoms with van der Waals surface area (Å²) in [5, 5.41) is 20.9. The molecule has 0 aliphatic carbocycles. The first-order chi connectivity index (χ1) is 17.6. The van der Waals surface area contributed by atoms with Gasteiger partial charge in [-0.05, 0) is 48.9 Å². The number of carboxylic acid groups (broad SMARTS) is 2. The fraction of sp³-hybridized carbons (Fsp3) is 0.519. The summed E-state index contributed by atoms with van der Waals surface area (Å²) in [4.78, 5) is 34.4. The van der Waals surface area contributed by atoms with Crippen LogP contribution in [0.4, 0.5) is 13.2 Å². The normalized spacial score (nSPS) is 12.3. The second-order valence-electron chi connectivity index (χ2n) is 10.1. The number of nitrogens with zero attached hydrogens (tertiary/aromatic N) is 1.